The van der Waals surface area contributed by atoms with Crippen molar-refractivity contribution < 1.29 is 4.79 Å². The summed E-state index contributed by atoms with van der Waals surface area (Å²) in [5.41, 5.74) is 0.0267. The molecule has 1 aliphatic carbocycles. The topological polar surface area (TPSA) is 32.3 Å². The van der Waals surface area contributed by atoms with E-state index < -0.39 is 0 Å². The van der Waals surface area contributed by atoms with Crippen LogP contribution in [0.15, 0.2) is 0 Å². The molecule has 3 rings (SSSR count). The Labute approximate surface area is 103 Å². The molecular formula is C12H21ClN2O. The molecule has 16 heavy (non-hydrogen) atoms. The molecule has 4 heteroatoms. The molecule has 0 spiro atoms. The van der Waals surface area contributed by atoms with Crippen LogP contribution in [0.25, 0.3) is 0 Å². The lowest BCUT2D eigenvalue weighted by Crippen LogP contribution is -2.45. The van der Waals surface area contributed by atoms with Gasteiger partial charge in [0.15, 0.2) is 0 Å². The monoisotopic (exact) mass is 244 g/mol. The van der Waals surface area contributed by atoms with Gasteiger partial charge in [0, 0.05) is 18.5 Å². The van der Waals surface area contributed by atoms with Crippen LogP contribution in [0.3, 0.4) is 0 Å². The first-order chi connectivity index (χ1) is 7.19. The van der Waals surface area contributed by atoms with E-state index in [4.69, 9.17) is 0 Å². The van der Waals surface area contributed by atoms with Crippen molar-refractivity contribution in [3.05, 3.63) is 0 Å². The summed E-state index contributed by atoms with van der Waals surface area (Å²) < 4.78 is 0. The number of amides is 1. The quantitative estimate of drug-likeness (QED) is 0.754. The van der Waals surface area contributed by atoms with Gasteiger partial charge >= 0.3 is 0 Å². The number of likely N-dealkylation sites (tertiary alicyclic amines) is 1. The van der Waals surface area contributed by atoms with Gasteiger partial charge in [-0.25, -0.2) is 0 Å². The van der Waals surface area contributed by atoms with Crippen LogP contribution in [0.4, 0.5) is 0 Å². The number of nitrogens with one attached hydrogen (secondary N) is 1. The fourth-order valence-electron chi connectivity index (χ4n) is 3.00. The van der Waals surface area contributed by atoms with Crippen molar-refractivity contribution in [3.63, 3.8) is 0 Å². The van der Waals surface area contributed by atoms with Crippen molar-refractivity contribution in [1.29, 1.82) is 0 Å². The van der Waals surface area contributed by atoms with Crippen LogP contribution in [-0.4, -0.2) is 37.0 Å². The molecule has 3 fully saturated rings. The van der Waals surface area contributed by atoms with Crippen molar-refractivity contribution in [1.82, 2.24) is 10.2 Å². The Hall–Kier alpha value is -0.280. The van der Waals surface area contributed by atoms with Gasteiger partial charge in [-0.3, -0.25) is 4.79 Å². The number of halogens is 1. The molecule has 0 radical (unpaired) electrons. The Balaban J connectivity index is 0.000000963. The minimum Gasteiger partial charge on any atom is -0.342 e. The fourth-order valence-corrected chi connectivity index (χ4v) is 3.00. The summed E-state index contributed by atoms with van der Waals surface area (Å²) in [6.45, 7) is 6.41. The van der Waals surface area contributed by atoms with Crippen LogP contribution in [0.5, 0.6) is 0 Å². The molecule has 0 aromatic carbocycles. The zero-order valence-electron chi connectivity index (χ0n) is 9.87. The minimum absolute atomic E-state index is 0. The molecule has 2 aliphatic heterocycles. The summed E-state index contributed by atoms with van der Waals surface area (Å²) in [4.78, 5) is 14.3. The summed E-state index contributed by atoms with van der Waals surface area (Å²) >= 11 is 0. The largest absolute Gasteiger partial charge is 0.342 e. The van der Waals surface area contributed by atoms with Crippen molar-refractivity contribution in [2.45, 2.75) is 26.2 Å². The highest BCUT2D eigenvalue weighted by molar-refractivity contribution is 5.85. The summed E-state index contributed by atoms with van der Waals surface area (Å²) in [6, 6.07) is 0. The van der Waals surface area contributed by atoms with Crippen LogP contribution in [0.1, 0.15) is 26.2 Å². The zero-order valence-corrected chi connectivity index (χ0v) is 10.7. The van der Waals surface area contributed by atoms with E-state index in [0.717, 1.165) is 44.3 Å². The van der Waals surface area contributed by atoms with E-state index in [1.165, 1.54) is 13.0 Å². The van der Waals surface area contributed by atoms with Gasteiger partial charge in [0.2, 0.25) is 5.91 Å². The Kier molecular flexibility index (Phi) is 3.19. The van der Waals surface area contributed by atoms with Gasteiger partial charge in [-0.15, -0.1) is 12.4 Å². The third-order valence-corrected chi connectivity index (χ3v) is 4.51. The standard InChI is InChI=1S/C12H20N2O.ClH/c1-12(3-4-12)11(15)14-5-2-9-6-13-7-10(9)8-14;/h9-10,13H,2-8H2,1H3;1H. The molecule has 2 saturated heterocycles. The first-order valence-electron chi connectivity index (χ1n) is 6.19. The van der Waals surface area contributed by atoms with Gasteiger partial charge in [-0.1, -0.05) is 6.92 Å². The summed E-state index contributed by atoms with van der Waals surface area (Å²) in [5.74, 6) is 1.99. The highest BCUT2D eigenvalue weighted by atomic mass is 35.5. The molecule has 92 valence electrons. The number of fused-ring (bicyclic) bond motifs is 1. The van der Waals surface area contributed by atoms with Crippen LogP contribution in [0, 0.1) is 17.3 Å². The molecule has 1 saturated carbocycles. The Morgan fingerprint density at radius 2 is 2.00 bits per heavy atom. The summed E-state index contributed by atoms with van der Waals surface area (Å²) in [6.07, 6.45) is 3.42. The van der Waals surface area contributed by atoms with E-state index in [9.17, 15) is 4.79 Å². The highest BCUT2D eigenvalue weighted by Crippen LogP contribution is 2.47. The third-order valence-electron chi connectivity index (χ3n) is 4.51. The van der Waals surface area contributed by atoms with Gasteiger partial charge in [0.25, 0.3) is 0 Å². The second-order valence-corrected chi connectivity index (χ2v) is 5.78. The number of hydrogen-bond acceptors (Lipinski definition) is 2. The van der Waals surface area contributed by atoms with Crippen molar-refractivity contribution in [2.75, 3.05) is 26.2 Å². The molecule has 1 N–H and O–H groups in total. The number of piperidine rings is 1. The van der Waals surface area contributed by atoms with E-state index >= 15 is 0 Å². The number of hydrogen-bond donors (Lipinski definition) is 1. The maximum absolute atomic E-state index is 12.2. The second kappa shape index (κ2) is 4.19. The number of nitrogens with zero attached hydrogens (tertiary/aromatic N) is 1. The van der Waals surface area contributed by atoms with E-state index in [-0.39, 0.29) is 17.8 Å². The van der Waals surface area contributed by atoms with E-state index in [2.05, 4.69) is 17.1 Å². The Morgan fingerprint density at radius 1 is 1.31 bits per heavy atom. The van der Waals surface area contributed by atoms with Gasteiger partial charge in [-0.05, 0) is 44.2 Å². The smallest absolute Gasteiger partial charge is 0.228 e. The number of rotatable bonds is 1. The summed E-state index contributed by atoms with van der Waals surface area (Å²) in [5, 5.41) is 3.44. The molecule has 1 amide bonds. The molecule has 2 heterocycles. The van der Waals surface area contributed by atoms with E-state index in [0.29, 0.717) is 5.91 Å². The molecule has 2 atom stereocenters. The minimum atomic E-state index is 0. The molecule has 0 aromatic heterocycles. The molecule has 0 bridgehead atoms. The third kappa shape index (κ3) is 1.95. The van der Waals surface area contributed by atoms with Crippen LogP contribution < -0.4 is 5.32 Å². The highest BCUT2D eigenvalue weighted by Gasteiger charge is 2.48. The first-order valence-corrected chi connectivity index (χ1v) is 6.19. The lowest BCUT2D eigenvalue weighted by Gasteiger charge is -2.36. The normalized spacial score (nSPS) is 35.2. The lowest BCUT2D eigenvalue weighted by molar-refractivity contribution is -0.138. The first kappa shape index (κ1) is 12.2. The fraction of sp³-hybridized carbons (Fsp3) is 0.917. The Bertz CT molecular complexity index is 291. The molecule has 0 aromatic rings. The maximum Gasteiger partial charge on any atom is 0.228 e. The van der Waals surface area contributed by atoms with Crippen molar-refractivity contribution >= 4 is 18.3 Å². The van der Waals surface area contributed by atoms with E-state index in [1.807, 2.05) is 0 Å². The van der Waals surface area contributed by atoms with Crippen LogP contribution >= 0.6 is 12.4 Å². The second-order valence-electron chi connectivity index (χ2n) is 5.78. The zero-order chi connectivity index (χ0) is 10.5. The van der Waals surface area contributed by atoms with Crippen molar-refractivity contribution in [3.8, 4) is 0 Å². The van der Waals surface area contributed by atoms with Gasteiger partial charge in [-0.2, -0.15) is 0 Å². The van der Waals surface area contributed by atoms with Gasteiger partial charge in [0.05, 0.1) is 0 Å². The van der Waals surface area contributed by atoms with Gasteiger partial charge < -0.3 is 10.2 Å². The molecule has 3 nitrogen and oxygen atoms in total. The number of carbonyl (C=O) groups excluding carboxylic acids is 1. The number of carbonyl (C=O) groups is 1. The maximum atomic E-state index is 12.2. The lowest BCUT2D eigenvalue weighted by atomic mass is 9.88. The predicted octanol–water partition coefficient (Wildman–Crippen LogP) is 1.28. The average molecular weight is 245 g/mol. The SMILES string of the molecule is CC1(C(=O)N2CCC3CNCC3C2)CC1.Cl. The Morgan fingerprint density at radius 3 is 2.69 bits per heavy atom. The summed E-state index contributed by atoms with van der Waals surface area (Å²) in [7, 11) is 0. The molecular weight excluding hydrogens is 224 g/mol. The van der Waals surface area contributed by atoms with Crippen LogP contribution in [-0.2, 0) is 4.79 Å². The molecule has 3 aliphatic rings. The van der Waals surface area contributed by atoms with Gasteiger partial charge in [0.1, 0.15) is 0 Å². The average Bonchev–Trinajstić information content (AvgIpc) is 2.82. The van der Waals surface area contributed by atoms with Crippen LogP contribution in [0.2, 0.25) is 0 Å². The predicted molar refractivity (Wildman–Crippen MR) is 65.6 cm³/mol. The molecule has 2 unspecified atom stereocenters. The van der Waals surface area contributed by atoms with Crippen molar-refractivity contribution in [2.24, 2.45) is 17.3 Å². The van der Waals surface area contributed by atoms with E-state index in [1.54, 1.807) is 0 Å².